The fraction of sp³-hybridized carbons (Fsp3) is 0.593. The van der Waals surface area contributed by atoms with E-state index in [0.29, 0.717) is 19.4 Å². The van der Waals surface area contributed by atoms with Crippen LogP contribution in [0.5, 0.6) is 0 Å². The van der Waals surface area contributed by atoms with Crippen molar-refractivity contribution in [2.24, 2.45) is 11.8 Å². The zero-order valence-electron chi connectivity index (χ0n) is 22.7. The number of halogens is 3. The zero-order valence-corrected chi connectivity index (χ0v) is 23.5. The van der Waals surface area contributed by atoms with Crippen molar-refractivity contribution in [1.82, 2.24) is 19.8 Å². The number of rotatable bonds is 8. The average Bonchev–Trinajstić information content (AvgIpc) is 3.22. The number of carbonyl (C=O) groups is 2. The maximum atomic E-state index is 14.2. The van der Waals surface area contributed by atoms with Crippen LogP contribution in [0, 0.1) is 11.8 Å². The molecule has 2 aliphatic carbocycles. The smallest absolute Gasteiger partial charge is 0.417 e. The van der Waals surface area contributed by atoms with Gasteiger partial charge in [-0.1, -0.05) is 25.3 Å². The lowest BCUT2D eigenvalue weighted by Gasteiger charge is -2.32. The number of hydrogen-bond acceptors (Lipinski definition) is 5. The van der Waals surface area contributed by atoms with Crippen LogP contribution in [0.25, 0.3) is 11.3 Å². The van der Waals surface area contributed by atoms with Crippen molar-refractivity contribution < 1.29 is 36.3 Å². The molecule has 0 spiro atoms. The normalized spacial score (nSPS) is 20.6. The summed E-state index contributed by atoms with van der Waals surface area (Å²) in [7, 11) is -4.49. The van der Waals surface area contributed by atoms with Gasteiger partial charge in [0, 0.05) is 23.7 Å². The number of nitrogens with one attached hydrogen (secondary N) is 2. The second-order valence-corrected chi connectivity index (χ2v) is 13.5. The molecule has 0 radical (unpaired) electrons. The summed E-state index contributed by atoms with van der Waals surface area (Å²) in [6.07, 6.45) is 0.680. The van der Waals surface area contributed by atoms with Crippen molar-refractivity contribution in [2.45, 2.75) is 94.9 Å². The lowest BCUT2D eigenvalue weighted by atomic mass is 9.80. The van der Waals surface area contributed by atoms with E-state index >= 15 is 0 Å². The first-order valence-electron chi connectivity index (χ1n) is 13.4. The monoisotopic (exact) mass is 584 g/mol. The predicted octanol–water partition coefficient (Wildman–Crippen LogP) is 4.82. The molecular weight excluding hydrogens is 549 g/mol. The minimum Gasteiger partial charge on any atom is -0.481 e. The highest BCUT2D eigenvalue weighted by atomic mass is 32.2. The molecule has 2 fully saturated rings. The lowest BCUT2D eigenvalue weighted by molar-refractivity contribution is -0.145. The van der Waals surface area contributed by atoms with Crippen LogP contribution in [0.15, 0.2) is 29.2 Å². The van der Waals surface area contributed by atoms with Crippen molar-refractivity contribution in [3.8, 4) is 11.3 Å². The van der Waals surface area contributed by atoms with Crippen molar-refractivity contribution >= 4 is 21.9 Å². The van der Waals surface area contributed by atoms with Gasteiger partial charge in [0.2, 0.25) is 10.0 Å². The van der Waals surface area contributed by atoms with Crippen molar-refractivity contribution in [3.63, 3.8) is 0 Å². The standard InChI is InChI=1S/C27H35F3N4O5S/c1-26(2,3)33-40(38,39)23-10-9-17(13-20(23)27(28,29)30)22-14-21(24(35)31-19-11-18(12-19)25(36)37)32-34(22)15-16-7-5-4-6-8-16/h9-10,13-14,16,18-19,33H,4-8,11-12,15H2,1-3H3,(H,31,35)(H,36,37)/t18-,19-. The molecule has 0 atom stereocenters. The Morgan fingerprint density at radius 1 is 1.07 bits per heavy atom. The first kappa shape index (κ1) is 30.0. The Morgan fingerprint density at radius 2 is 1.73 bits per heavy atom. The molecule has 1 aromatic carbocycles. The number of amides is 1. The number of carboxylic acids is 1. The number of carbonyl (C=O) groups excluding carboxylic acids is 1. The molecule has 40 heavy (non-hydrogen) atoms. The molecule has 0 aliphatic heterocycles. The van der Waals surface area contributed by atoms with E-state index in [9.17, 15) is 31.2 Å². The molecule has 1 heterocycles. The SMILES string of the molecule is CC(C)(C)NS(=O)(=O)c1ccc(-c2cc(C(=O)N[C@H]3C[C@H](C(=O)O)C3)nn2CC2CCCCC2)cc1C(F)(F)F. The van der Waals surface area contributed by atoms with Gasteiger partial charge in [0.1, 0.15) is 0 Å². The Morgan fingerprint density at radius 3 is 2.30 bits per heavy atom. The van der Waals surface area contributed by atoms with Crippen molar-refractivity contribution in [3.05, 3.63) is 35.5 Å². The van der Waals surface area contributed by atoms with Gasteiger partial charge in [0.15, 0.2) is 5.69 Å². The van der Waals surface area contributed by atoms with Gasteiger partial charge < -0.3 is 10.4 Å². The summed E-state index contributed by atoms with van der Waals surface area (Å²) < 4.78 is 72.1. The summed E-state index contributed by atoms with van der Waals surface area (Å²) in [6, 6.07) is 4.10. The second-order valence-electron chi connectivity index (χ2n) is 11.8. The average molecular weight is 585 g/mol. The van der Waals surface area contributed by atoms with Gasteiger partial charge in [0.05, 0.1) is 22.1 Å². The van der Waals surface area contributed by atoms with E-state index in [4.69, 9.17) is 5.11 Å². The summed E-state index contributed by atoms with van der Waals surface area (Å²) in [6.45, 7) is 5.01. The molecule has 1 amide bonds. The first-order valence-corrected chi connectivity index (χ1v) is 14.9. The number of carboxylic acid groups (broad SMARTS) is 1. The summed E-state index contributed by atoms with van der Waals surface area (Å²) >= 11 is 0. The zero-order chi connectivity index (χ0) is 29.5. The van der Waals surface area contributed by atoms with E-state index in [2.05, 4.69) is 15.1 Å². The Hall–Kier alpha value is -2.93. The largest absolute Gasteiger partial charge is 0.481 e. The molecule has 0 unspecified atom stereocenters. The number of nitrogens with zero attached hydrogens (tertiary/aromatic N) is 2. The van der Waals surface area contributed by atoms with Gasteiger partial charge in [-0.2, -0.15) is 18.3 Å². The Bertz CT molecular complexity index is 1370. The van der Waals surface area contributed by atoms with Gasteiger partial charge in [-0.15, -0.1) is 0 Å². The summed E-state index contributed by atoms with van der Waals surface area (Å²) in [4.78, 5) is 23.2. The molecule has 2 aliphatic rings. The molecule has 9 nitrogen and oxygen atoms in total. The van der Waals surface area contributed by atoms with E-state index in [0.717, 1.165) is 44.2 Å². The third-order valence-corrected chi connectivity index (χ3v) is 9.12. The van der Waals surface area contributed by atoms with E-state index < -0.39 is 50.0 Å². The molecule has 13 heteroatoms. The van der Waals surface area contributed by atoms with Crippen LogP contribution in [0.1, 0.15) is 81.8 Å². The predicted molar refractivity (Wildman–Crippen MR) is 141 cm³/mol. The van der Waals surface area contributed by atoms with Crippen LogP contribution in [0.2, 0.25) is 0 Å². The number of alkyl halides is 3. The Kier molecular flexibility index (Phi) is 8.38. The molecular formula is C27H35F3N4O5S. The first-order chi connectivity index (χ1) is 18.5. The fourth-order valence-electron chi connectivity index (χ4n) is 5.31. The maximum Gasteiger partial charge on any atom is 0.417 e. The van der Waals surface area contributed by atoms with Crippen molar-refractivity contribution in [2.75, 3.05) is 0 Å². The van der Waals surface area contributed by atoms with Gasteiger partial charge in [-0.05, 0) is 70.6 Å². The van der Waals surface area contributed by atoms with Crippen LogP contribution in [0.4, 0.5) is 13.2 Å². The van der Waals surface area contributed by atoms with Crippen LogP contribution in [-0.2, 0) is 27.5 Å². The van der Waals surface area contributed by atoms with Crippen LogP contribution >= 0.6 is 0 Å². The topological polar surface area (TPSA) is 130 Å². The van der Waals surface area contributed by atoms with Gasteiger partial charge >= 0.3 is 12.1 Å². The highest BCUT2D eigenvalue weighted by Gasteiger charge is 2.39. The highest BCUT2D eigenvalue weighted by molar-refractivity contribution is 7.89. The molecule has 2 aromatic rings. The fourth-order valence-corrected chi connectivity index (χ4v) is 6.94. The van der Waals surface area contributed by atoms with Crippen LogP contribution < -0.4 is 10.0 Å². The van der Waals surface area contributed by atoms with E-state index in [1.165, 1.54) is 37.6 Å². The molecule has 3 N–H and O–H groups in total. The molecule has 2 saturated carbocycles. The number of benzene rings is 1. The van der Waals surface area contributed by atoms with E-state index in [1.807, 2.05) is 0 Å². The number of sulfonamides is 1. The number of hydrogen-bond donors (Lipinski definition) is 3. The Balaban J connectivity index is 1.71. The van der Waals surface area contributed by atoms with Crippen LogP contribution in [0.3, 0.4) is 0 Å². The third kappa shape index (κ3) is 7.03. The third-order valence-electron chi connectivity index (χ3n) is 7.30. The lowest BCUT2D eigenvalue weighted by Crippen LogP contribution is -2.46. The summed E-state index contributed by atoms with van der Waals surface area (Å²) in [5.41, 5.74) is -1.95. The van der Waals surface area contributed by atoms with Crippen LogP contribution in [-0.4, -0.2) is 46.8 Å². The van der Waals surface area contributed by atoms with E-state index in [1.54, 1.807) is 0 Å². The maximum absolute atomic E-state index is 14.2. The van der Waals surface area contributed by atoms with Gasteiger partial charge in [0.25, 0.3) is 5.91 Å². The molecule has 4 rings (SSSR count). The minimum absolute atomic E-state index is 0.00393. The molecule has 1 aromatic heterocycles. The number of aliphatic carboxylic acids is 1. The van der Waals surface area contributed by atoms with E-state index in [-0.39, 0.29) is 28.9 Å². The number of aromatic nitrogens is 2. The van der Waals surface area contributed by atoms with Gasteiger partial charge in [-0.3, -0.25) is 14.3 Å². The Labute approximate surface area is 231 Å². The van der Waals surface area contributed by atoms with Gasteiger partial charge in [-0.25, -0.2) is 13.1 Å². The van der Waals surface area contributed by atoms with Crippen molar-refractivity contribution in [1.29, 1.82) is 0 Å². The summed E-state index contributed by atoms with van der Waals surface area (Å²) in [5, 5.41) is 16.3. The minimum atomic E-state index is -4.96. The quantitative estimate of drug-likeness (QED) is 0.408. The molecule has 0 saturated heterocycles. The molecule has 0 bridgehead atoms. The molecule has 220 valence electrons. The summed E-state index contributed by atoms with van der Waals surface area (Å²) in [5.74, 6) is -1.74. The second kappa shape index (κ2) is 11.2. The highest BCUT2D eigenvalue weighted by Crippen LogP contribution is 2.38.